The number of nitrogens with zero attached hydrogens (tertiary/aromatic N) is 3. The van der Waals surface area contributed by atoms with E-state index in [4.69, 9.17) is 4.99 Å². The van der Waals surface area contributed by atoms with Gasteiger partial charge < -0.3 is 9.80 Å². The molecule has 124 valence electrons. The summed E-state index contributed by atoms with van der Waals surface area (Å²) in [5.74, 6) is 1.68. The number of hydrogen-bond donors (Lipinski definition) is 0. The molecule has 1 fully saturated rings. The van der Waals surface area contributed by atoms with Crippen LogP contribution >= 0.6 is 0 Å². The third-order valence-corrected chi connectivity index (χ3v) is 7.53. The summed E-state index contributed by atoms with van der Waals surface area (Å²) in [6, 6.07) is 17.2. The van der Waals surface area contributed by atoms with Gasteiger partial charge in [-0.3, -0.25) is 0 Å². The monoisotopic (exact) mass is 327 g/mol. The second-order valence-corrected chi connectivity index (χ2v) is 8.10. The molecule has 25 heavy (non-hydrogen) atoms. The highest BCUT2D eigenvalue weighted by molar-refractivity contribution is 6.03. The van der Waals surface area contributed by atoms with Crippen molar-refractivity contribution in [2.45, 2.75) is 37.9 Å². The van der Waals surface area contributed by atoms with Crippen LogP contribution in [0.25, 0.3) is 0 Å². The van der Waals surface area contributed by atoms with Gasteiger partial charge in [0.25, 0.3) is 0 Å². The average molecular weight is 327 g/mol. The Morgan fingerprint density at radius 3 is 2.56 bits per heavy atom. The Bertz CT molecular complexity index is 976. The van der Waals surface area contributed by atoms with Crippen molar-refractivity contribution in [1.29, 1.82) is 0 Å². The number of fused-ring (bicyclic) bond motifs is 3. The maximum atomic E-state index is 5.08. The first-order valence-corrected chi connectivity index (χ1v) is 9.11. The van der Waals surface area contributed by atoms with Gasteiger partial charge in [0, 0.05) is 28.9 Å². The van der Waals surface area contributed by atoms with Crippen molar-refractivity contribution in [3.05, 3.63) is 77.6 Å². The molecule has 1 saturated carbocycles. The molecule has 3 nitrogen and oxygen atoms in total. The van der Waals surface area contributed by atoms with E-state index in [1.54, 1.807) is 0 Å². The summed E-state index contributed by atoms with van der Waals surface area (Å²) in [6.45, 7) is 7.25. The molecule has 3 aliphatic heterocycles. The maximum Gasteiger partial charge on any atom is 0.142 e. The Hall–Kier alpha value is -2.55. The molecule has 4 atom stereocenters. The summed E-state index contributed by atoms with van der Waals surface area (Å²) in [7, 11) is 0. The van der Waals surface area contributed by atoms with Crippen LogP contribution in [0, 0.1) is 5.92 Å². The Labute approximate surface area is 148 Å². The van der Waals surface area contributed by atoms with Crippen molar-refractivity contribution in [3.63, 3.8) is 0 Å². The molecule has 0 spiro atoms. The lowest BCUT2D eigenvalue weighted by Crippen LogP contribution is -2.48. The first-order chi connectivity index (χ1) is 12.1. The smallest absolute Gasteiger partial charge is 0.142 e. The number of hydrogen-bond acceptors (Lipinski definition) is 3. The van der Waals surface area contributed by atoms with Crippen molar-refractivity contribution in [3.8, 4) is 0 Å². The van der Waals surface area contributed by atoms with Crippen LogP contribution in [0.4, 0.5) is 5.69 Å². The molecule has 2 aromatic carbocycles. The fourth-order valence-electron chi connectivity index (χ4n) is 5.69. The second kappa shape index (κ2) is 3.98. The van der Waals surface area contributed by atoms with Crippen molar-refractivity contribution in [2.24, 2.45) is 10.9 Å². The van der Waals surface area contributed by atoms with Gasteiger partial charge in [0.05, 0.1) is 11.2 Å². The van der Waals surface area contributed by atoms with Gasteiger partial charge >= 0.3 is 0 Å². The first-order valence-electron chi connectivity index (χ1n) is 9.11. The molecule has 4 aliphatic rings. The van der Waals surface area contributed by atoms with E-state index in [2.05, 4.69) is 91.5 Å². The van der Waals surface area contributed by atoms with Gasteiger partial charge in [0.15, 0.2) is 0 Å². The van der Waals surface area contributed by atoms with Gasteiger partial charge in [0.1, 0.15) is 12.0 Å². The van der Waals surface area contributed by atoms with Crippen molar-refractivity contribution < 1.29 is 0 Å². The molecule has 0 amide bonds. The van der Waals surface area contributed by atoms with Gasteiger partial charge in [-0.1, -0.05) is 56.3 Å². The van der Waals surface area contributed by atoms with Crippen LogP contribution in [0.5, 0.6) is 0 Å². The summed E-state index contributed by atoms with van der Waals surface area (Å²) >= 11 is 0. The Kier molecular flexibility index (Phi) is 2.18. The lowest BCUT2D eigenvalue weighted by Gasteiger charge is -2.46. The van der Waals surface area contributed by atoms with E-state index in [9.17, 15) is 0 Å². The molecule has 3 heteroatoms. The van der Waals surface area contributed by atoms with E-state index >= 15 is 0 Å². The minimum absolute atomic E-state index is 0.174. The molecular formula is C22H21N3. The van der Waals surface area contributed by atoms with Gasteiger partial charge in [-0.2, -0.15) is 0 Å². The molecule has 3 heterocycles. The highest BCUT2D eigenvalue weighted by atomic mass is 15.5. The predicted molar refractivity (Wildman–Crippen MR) is 99.6 cm³/mol. The van der Waals surface area contributed by atoms with Gasteiger partial charge in [-0.05, 0) is 24.5 Å². The number of aliphatic imine (C=N–C) groups is 1. The highest BCUT2D eigenvalue weighted by Crippen LogP contribution is 2.72. The second-order valence-electron chi connectivity index (χ2n) is 8.10. The van der Waals surface area contributed by atoms with Gasteiger partial charge in [-0.25, -0.2) is 4.99 Å². The minimum atomic E-state index is 0.174. The highest BCUT2D eigenvalue weighted by Gasteiger charge is 2.76. The SMILES string of the molecule is CC1C2(C)c3cccc4c3C3N(C=CN3C12C)C(c1ccccc1)=N4. The molecule has 0 saturated heterocycles. The summed E-state index contributed by atoms with van der Waals surface area (Å²) < 4.78 is 0. The zero-order valence-corrected chi connectivity index (χ0v) is 14.8. The lowest BCUT2D eigenvalue weighted by molar-refractivity contribution is 0.115. The van der Waals surface area contributed by atoms with E-state index in [1.807, 2.05) is 0 Å². The fourth-order valence-corrected chi connectivity index (χ4v) is 5.69. The van der Waals surface area contributed by atoms with E-state index in [0.717, 1.165) is 11.5 Å². The largest absolute Gasteiger partial charge is 0.345 e. The zero-order chi connectivity index (χ0) is 17.0. The van der Waals surface area contributed by atoms with Crippen LogP contribution in [0.15, 0.2) is 65.9 Å². The molecular weight excluding hydrogens is 306 g/mol. The zero-order valence-electron chi connectivity index (χ0n) is 14.8. The summed E-state index contributed by atoms with van der Waals surface area (Å²) in [6.07, 6.45) is 4.75. The topological polar surface area (TPSA) is 18.8 Å². The molecule has 0 aromatic heterocycles. The fraction of sp³-hybridized carbons (Fsp3) is 0.318. The third-order valence-electron chi connectivity index (χ3n) is 7.53. The molecule has 0 N–H and O–H groups in total. The predicted octanol–water partition coefficient (Wildman–Crippen LogP) is 4.55. The molecule has 0 radical (unpaired) electrons. The molecule has 2 aromatic rings. The lowest BCUT2D eigenvalue weighted by atomic mass is 9.81. The molecule has 6 rings (SSSR count). The average Bonchev–Trinajstić information content (AvgIpc) is 2.99. The number of amidine groups is 1. The Balaban J connectivity index is 1.65. The summed E-state index contributed by atoms with van der Waals surface area (Å²) in [5.41, 5.74) is 5.58. The minimum Gasteiger partial charge on any atom is -0.345 e. The normalized spacial score (nSPS) is 36.0. The van der Waals surface area contributed by atoms with Crippen LogP contribution in [0.3, 0.4) is 0 Å². The van der Waals surface area contributed by atoms with Crippen molar-refractivity contribution in [1.82, 2.24) is 9.80 Å². The van der Waals surface area contributed by atoms with E-state index in [0.29, 0.717) is 5.92 Å². The Morgan fingerprint density at radius 1 is 0.960 bits per heavy atom. The summed E-state index contributed by atoms with van der Waals surface area (Å²) in [4.78, 5) is 10.0. The maximum absolute atomic E-state index is 5.08. The van der Waals surface area contributed by atoms with E-state index in [1.165, 1.54) is 16.7 Å². The molecule has 0 bridgehead atoms. The third kappa shape index (κ3) is 1.29. The number of rotatable bonds is 1. The summed E-state index contributed by atoms with van der Waals surface area (Å²) in [5, 5.41) is 0. The van der Waals surface area contributed by atoms with Gasteiger partial charge in [0.2, 0.25) is 0 Å². The quantitative estimate of drug-likeness (QED) is 0.765. The number of benzene rings is 2. The Morgan fingerprint density at radius 2 is 1.76 bits per heavy atom. The van der Waals surface area contributed by atoms with E-state index in [-0.39, 0.29) is 17.1 Å². The molecule has 4 unspecified atom stereocenters. The van der Waals surface area contributed by atoms with Crippen molar-refractivity contribution >= 4 is 11.5 Å². The van der Waals surface area contributed by atoms with E-state index < -0.39 is 0 Å². The van der Waals surface area contributed by atoms with Crippen LogP contribution < -0.4 is 0 Å². The first kappa shape index (κ1) is 13.7. The molecule has 1 aliphatic carbocycles. The standard InChI is InChI=1S/C22H21N3/c1-14-21(2)16-10-7-11-17-18(16)20-24(12-13-25(20)22(14,21)3)19(23-17)15-8-5-4-6-9-15/h4-14,20H,1-3H3. The van der Waals surface area contributed by atoms with Crippen LogP contribution in [-0.2, 0) is 5.41 Å². The van der Waals surface area contributed by atoms with Gasteiger partial charge in [-0.15, -0.1) is 0 Å². The van der Waals surface area contributed by atoms with Crippen LogP contribution in [0.2, 0.25) is 0 Å². The van der Waals surface area contributed by atoms with Crippen molar-refractivity contribution in [2.75, 3.05) is 0 Å². The van der Waals surface area contributed by atoms with Crippen LogP contribution in [0.1, 0.15) is 43.6 Å². The van der Waals surface area contributed by atoms with Crippen LogP contribution in [-0.4, -0.2) is 21.2 Å².